The van der Waals surface area contributed by atoms with Gasteiger partial charge in [0.15, 0.2) is 0 Å². The van der Waals surface area contributed by atoms with Crippen LogP contribution in [-0.4, -0.2) is 25.6 Å². The van der Waals surface area contributed by atoms with Gasteiger partial charge in [0.2, 0.25) is 0 Å². The van der Waals surface area contributed by atoms with Gasteiger partial charge in [0.25, 0.3) is 0 Å². The Hall–Kier alpha value is -1.22. The summed E-state index contributed by atoms with van der Waals surface area (Å²) in [6.45, 7) is 4.16. The Bertz CT molecular complexity index is 312. The minimum absolute atomic E-state index is 0.803. The van der Waals surface area contributed by atoms with Gasteiger partial charge in [-0.15, -0.1) is 0 Å². The molecule has 0 aromatic heterocycles. The monoisotopic (exact) mass is 208 g/mol. The summed E-state index contributed by atoms with van der Waals surface area (Å²) in [5, 5.41) is 0. The summed E-state index contributed by atoms with van der Waals surface area (Å²) >= 11 is 0. The van der Waals surface area contributed by atoms with Gasteiger partial charge in [-0.05, 0) is 31.6 Å². The molecular weight excluding hydrogens is 188 g/mol. The second kappa shape index (κ2) is 5.61. The fraction of sp³-hybridized carbons (Fsp3) is 0.500. The van der Waals surface area contributed by atoms with Gasteiger partial charge in [0, 0.05) is 18.3 Å². The number of benzene rings is 1. The van der Waals surface area contributed by atoms with Gasteiger partial charge in [-0.1, -0.05) is 13.0 Å². The van der Waals surface area contributed by atoms with Crippen molar-refractivity contribution in [3.8, 4) is 5.75 Å². The molecule has 0 heterocycles. The van der Waals surface area contributed by atoms with Crippen molar-refractivity contribution in [3.05, 3.63) is 23.8 Å². The van der Waals surface area contributed by atoms with Gasteiger partial charge in [0.05, 0.1) is 7.11 Å². The van der Waals surface area contributed by atoms with E-state index in [1.54, 1.807) is 7.11 Å². The number of hydrogen-bond acceptors (Lipinski definition) is 3. The maximum Gasteiger partial charge on any atom is 0.120 e. The quantitative estimate of drug-likeness (QED) is 0.753. The zero-order chi connectivity index (χ0) is 11.3. The molecule has 0 bridgehead atoms. The number of nitrogens with two attached hydrogens (primary N) is 1. The van der Waals surface area contributed by atoms with E-state index in [0.29, 0.717) is 0 Å². The second-order valence-corrected chi connectivity index (χ2v) is 3.80. The van der Waals surface area contributed by atoms with Gasteiger partial charge in [-0.3, -0.25) is 0 Å². The maximum absolute atomic E-state index is 5.93. The highest BCUT2D eigenvalue weighted by Gasteiger charge is 2.04. The second-order valence-electron chi connectivity index (χ2n) is 3.80. The van der Waals surface area contributed by atoms with E-state index in [2.05, 4.69) is 18.9 Å². The summed E-state index contributed by atoms with van der Waals surface area (Å²) in [5.41, 5.74) is 7.90. The minimum atomic E-state index is 0.803. The Kier molecular flexibility index (Phi) is 4.43. The van der Waals surface area contributed by atoms with Crippen molar-refractivity contribution in [1.29, 1.82) is 0 Å². The highest BCUT2D eigenvalue weighted by molar-refractivity contribution is 5.51. The molecule has 0 aliphatic rings. The lowest BCUT2D eigenvalue weighted by Gasteiger charge is -2.17. The molecule has 15 heavy (non-hydrogen) atoms. The van der Waals surface area contributed by atoms with Crippen molar-refractivity contribution >= 4 is 5.69 Å². The van der Waals surface area contributed by atoms with E-state index < -0.39 is 0 Å². The normalized spacial score (nSPS) is 10.7. The minimum Gasteiger partial charge on any atom is -0.497 e. The standard InChI is InChI=1S/C12H20N2O/c1-4-7-14(2)9-10-5-6-11(15-3)8-12(10)13/h5-6,8H,4,7,9,13H2,1-3H3. The molecule has 0 atom stereocenters. The molecule has 0 unspecified atom stereocenters. The largest absolute Gasteiger partial charge is 0.497 e. The number of nitrogen functional groups attached to an aromatic ring is 1. The Morgan fingerprint density at radius 3 is 2.67 bits per heavy atom. The van der Waals surface area contributed by atoms with Crippen LogP contribution in [0, 0.1) is 0 Å². The van der Waals surface area contributed by atoms with Crippen molar-refractivity contribution in [2.75, 3.05) is 26.4 Å². The summed E-state index contributed by atoms with van der Waals surface area (Å²) in [6.07, 6.45) is 1.16. The average molecular weight is 208 g/mol. The van der Waals surface area contributed by atoms with Crippen LogP contribution in [0.15, 0.2) is 18.2 Å². The summed E-state index contributed by atoms with van der Waals surface area (Å²) < 4.78 is 5.11. The lowest BCUT2D eigenvalue weighted by Crippen LogP contribution is -2.19. The molecule has 0 amide bonds. The van der Waals surface area contributed by atoms with Crippen LogP contribution in [0.3, 0.4) is 0 Å². The third kappa shape index (κ3) is 3.44. The van der Waals surface area contributed by atoms with Crippen LogP contribution in [0.5, 0.6) is 5.75 Å². The molecule has 84 valence electrons. The summed E-state index contributed by atoms with van der Waals surface area (Å²) in [5.74, 6) is 0.814. The van der Waals surface area contributed by atoms with Crippen LogP contribution < -0.4 is 10.5 Å². The predicted molar refractivity (Wildman–Crippen MR) is 64.0 cm³/mol. The Morgan fingerprint density at radius 2 is 2.13 bits per heavy atom. The summed E-state index contributed by atoms with van der Waals surface area (Å²) in [7, 11) is 3.75. The van der Waals surface area contributed by atoms with Crippen LogP contribution in [0.1, 0.15) is 18.9 Å². The number of ether oxygens (including phenoxy) is 1. The van der Waals surface area contributed by atoms with Crippen molar-refractivity contribution in [2.45, 2.75) is 19.9 Å². The van der Waals surface area contributed by atoms with Crippen LogP contribution >= 0.6 is 0 Å². The molecule has 0 spiro atoms. The van der Waals surface area contributed by atoms with E-state index in [-0.39, 0.29) is 0 Å². The van der Waals surface area contributed by atoms with Gasteiger partial charge in [-0.25, -0.2) is 0 Å². The molecule has 3 nitrogen and oxygen atoms in total. The number of anilines is 1. The fourth-order valence-electron chi connectivity index (χ4n) is 1.60. The van der Waals surface area contributed by atoms with E-state index in [0.717, 1.165) is 36.5 Å². The fourth-order valence-corrected chi connectivity index (χ4v) is 1.60. The van der Waals surface area contributed by atoms with E-state index in [1.165, 1.54) is 0 Å². The van der Waals surface area contributed by atoms with Crippen LogP contribution in [0.2, 0.25) is 0 Å². The summed E-state index contributed by atoms with van der Waals surface area (Å²) in [4.78, 5) is 2.26. The number of nitrogens with zero attached hydrogens (tertiary/aromatic N) is 1. The topological polar surface area (TPSA) is 38.5 Å². The lowest BCUT2D eigenvalue weighted by molar-refractivity contribution is 0.328. The molecule has 1 aromatic rings. The molecule has 0 saturated heterocycles. The molecule has 0 aliphatic carbocycles. The summed E-state index contributed by atoms with van der Waals surface area (Å²) in [6, 6.07) is 5.85. The molecular formula is C12H20N2O. The average Bonchev–Trinajstić information content (AvgIpc) is 2.21. The van der Waals surface area contributed by atoms with Crippen molar-refractivity contribution < 1.29 is 4.74 Å². The first-order valence-corrected chi connectivity index (χ1v) is 5.28. The van der Waals surface area contributed by atoms with E-state index >= 15 is 0 Å². The molecule has 0 aliphatic heterocycles. The zero-order valence-corrected chi connectivity index (χ0v) is 9.79. The molecule has 3 heteroatoms. The first kappa shape index (κ1) is 11.9. The first-order chi connectivity index (χ1) is 7.17. The first-order valence-electron chi connectivity index (χ1n) is 5.28. The Labute approximate surface area is 91.8 Å². The predicted octanol–water partition coefficient (Wildman–Crippen LogP) is 2.12. The zero-order valence-electron chi connectivity index (χ0n) is 9.79. The highest BCUT2D eigenvalue weighted by Crippen LogP contribution is 2.20. The number of methoxy groups -OCH3 is 1. The number of hydrogen-bond donors (Lipinski definition) is 1. The van der Waals surface area contributed by atoms with Crippen molar-refractivity contribution in [1.82, 2.24) is 4.90 Å². The molecule has 0 fully saturated rings. The Morgan fingerprint density at radius 1 is 1.40 bits per heavy atom. The molecule has 1 aromatic carbocycles. The molecule has 2 N–H and O–H groups in total. The highest BCUT2D eigenvalue weighted by atomic mass is 16.5. The Balaban J connectivity index is 2.69. The molecule has 0 saturated carbocycles. The van der Waals surface area contributed by atoms with Crippen LogP contribution in [0.25, 0.3) is 0 Å². The van der Waals surface area contributed by atoms with E-state index in [9.17, 15) is 0 Å². The van der Waals surface area contributed by atoms with Gasteiger partial charge in [-0.2, -0.15) is 0 Å². The van der Waals surface area contributed by atoms with Crippen molar-refractivity contribution in [2.24, 2.45) is 0 Å². The smallest absolute Gasteiger partial charge is 0.120 e. The molecule has 1 rings (SSSR count). The van der Waals surface area contributed by atoms with Gasteiger partial charge in [0.1, 0.15) is 5.75 Å². The van der Waals surface area contributed by atoms with Crippen LogP contribution in [0.4, 0.5) is 5.69 Å². The van der Waals surface area contributed by atoms with Crippen LogP contribution in [-0.2, 0) is 6.54 Å². The number of rotatable bonds is 5. The van der Waals surface area contributed by atoms with E-state index in [1.807, 2.05) is 18.2 Å². The van der Waals surface area contributed by atoms with E-state index in [4.69, 9.17) is 10.5 Å². The molecule has 0 radical (unpaired) electrons. The van der Waals surface area contributed by atoms with Gasteiger partial charge >= 0.3 is 0 Å². The SMILES string of the molecule is CCCN(C)Cc1ccc(OC)cc1N. The van der Waals surface area contributed by atoms with Gasteiger partial charge < -0.3 is 15.4 Å². The van der Waals surface area contributed by atoms with Crippen molar-refractivity contribution in [3.63, 3.8) is 0 Å². The third-order valence-electron chi connectivity index (χ3n) is 2.40. The lowest BCUT2D eigenvalue weighted by atomic mass is 10.1. The maximum atomic E-state index is 5.93. The third-order valence-corrected chi connectivity index (χ3v) is 2.40.